The normalized spacial score (nSPS) is 11.3. The molecule has 0 saturated carbocycles. The van der Waals surface area contributed by atoms with Crippen molar-refractivity contribution in [1.29, 1.82) is 5.26 Å². The zero-order valence-electron chi connectivity index (χ0n) is 12.4. The highest BCUT2D eigenvalue weighted by molar-refractivity contribution is 5.97. The molecule has 0 aromatic heterocycles. The van der Waals surface area contributed by atoms with E-state index in [4.69, 9.17) is 5.26 Å². The summed E-state index contributed by atoms with van der Waals surface area (Å²) in [6.07, 6.45) is 0.0850. The number of carbonyl (C=O) groups is 2. The van der Waals surface area contributed by atoms with Crippen LogP contribution in [0.1, 0.15) is 16.7 Å². The fourth-order valence-corrected chi connectivity index (χ4v) is 2.15. The van der Waals surface area contributed by atoms with Crippen LogP contribution in [-0.4, -0.2) is 17.0 Å². The van der Waals surface area contributed by atoms with Crippen molar-refractivity contribution < 1.29 is 14.7 Å². The van der Waals surface area contributed by atoms with E-state index in [0.29, 0.717) is 11.1 Å². The molecular formula is C18H16N2O3. The number of benzene rings is 2. The Hall–Kier alpha value is -3.13. The average molecular weight is 308 g/mol. The molecule has 2 rings (SSSR count). The number of aliphatic carboxylic acids is 1. The Morgan fingerprint density at radius 1 is 1.04 bits per heavy atom. The van der Waals surface area contributed by atoms with E-state index in [2.05, 4.69) is 5.32 Å². The minimum Gasteiger partial charge on any atom is -0.481 e. The first kappa shape index (κ1) is 16.2. The van der Waals surface area contributed by atoms with Crippen LogP contribution < -0.4 is 5.32 Å². The highest BCUT2D eigenvalue weighted by atomic mass is 16.4. The van der Waals surface area contributed by atoms with Gasteiger partial charge in [-0.25, -0.2) is 0 Å². The van der Waals surface area contributed by atoms with Crippen LogP contribution in [-0.2, 0) is 22.6 Å². The molecular weight excluding hydrogens is 292 g/mol. The van der Waals surface area contributed by atoms with Crippen LogP contribution in [0.25, 0.3) is 0 Å². The van der Waals surface area contributed by atoms with Crippen molar-refractivity contribution in [1.82, 2.24) is 5.32 Å². The van der Waals surface area contributed by atoms with Crippen LogP contribution in [0, 0.1) is 17.2 Å². The predicted octanol–water partition coefficient (Wildman–Crippen LogP) is 2.12. The zero-order valence-corrected chi connectivity index (χ0v) is 12.4. The zero-order chi connectivity index (χ0) is 16.7. The number of nitrogens with one attached hydrogen (secondary N) is 1. The van der Waals surface area contributed by atoms with Gasteiger partial charge in [0.1, 0.15) is 5.92 Å². The van der Waals surface area contributed by atoms with E-state index >= 15 is 0 Å². The van der Waals surface area contributed by atoms with E-state index in [0.717, 1.165) is 5.56 Å². The van der Waals surface area contributed by atoms with E-state index in [1.54, 1.807) is 24.3 Å². The SMILES string of the molecule is N#Cc1ccc(CC(C(=O)O)C(=O)NCc2ccccc2)cc1. The van der Waals surface area contributed by atoms with Crippen LogP contribution >= 0.6 is 0 Å². The van der Waals surface area contributed by atoms with Gasteiger partial charge in [0.15, 0.2) is 0 Å². The summed E-state index contributed by atoms with van der Waals surface area (Å²) in [5, 5.41) is 20.7. The lowest BCUT2D eigenvalue weighted by Gasteiger charge is -2.13. The molecule has 5 heteroatoms. The second-order valence-corrected chi connectivity index (χ2v) is 5.11. The number of hydrogen-bond acceptors (Lipinski definition) is 3. The molecule has 0 bridgehead atoms. The largest absolute Gasteiger partial charge is 0.481 e. The fourth-order valence-electron chi connectivity index (χ4n) is 2.15. The van der Waals surface area contributed by atoms with Crippen LogP contribution in [0.2, 0.25) is 0 Å². The number of carbonyl (C=O) groups excluding carboxylic acids is 1. The van der Waals surface area contributed by atoms with Crippen molar-refractivity contribution in [2.75, 3.05) is 0 Å². The van der Waals surface area contributed by atoms with Crippen molar-refractivity contribution in [2.24, 2.45) is 5.92 Å². The van der Waals surface area contributed by atoms with Gasteiger partial charge in [-0.15, -0.1) is 0 Å². The Morgan fingerprint density at radius 2 is 1.70 bits per heavy atom. The maximum absolute atomic E-state index is 12.1. The predicted molar refractivity (Wildman–Crippen MR) is 84.3 cm³/mol. The number of rotatable bonds is 6. The lowest BCUT2D eigenvalue weighted by atomic mass is 9.97. The summed E-state index contributed by atoms with van der Waals surface area (Å²) in [7, 11) is 0. The van der Waals surface area contributed by atoms with Crippen molar-refractivity contribution in [3.05, 3.63) is 71.3 Å². The Balaban J connectivity index is 2.01. The maximum Gasteiger partial charge on any atom is 0.316 e. The van der Waals surface area contributed by atoms with Crippen molar-refractivity contribution >= 4 is 11.9 Å². The second kappa shape index (κ2) is 7.76. The van der Waals surface area contributed by atoms with Gasteiger partial charge in [0.05, 0.1) is 11.6 Å². The summed E-state index contributed by atoms with van der Waals surface area (Å²) >= 11 is 0. The standard InChI is InChI=1S/C18H16N2O3/c19-11-14-8-6-13(7-9-14)10-16(18(22)23)17(21)20-12-15-4-2-1-3-5-15/h1-9,16H,10,12H2,(H,20,21)(H,22,23). The van der Waals surface area contributed by atoms with E-state index in [1.165, 1.54) is 0 Å². The molecule has 2 aromatic carbocycles. The molecule has 0 fully saturated rings. The molecule has 0 radical (unpaired) electrons. The van der Waals surface area contributed by atoms with Crippen LogP contribution in [0.4, 0.5) is 0 Å². The van der Waals surface area contributed by atoms with Crippen molar-refractivity contribution in [2.45, 2.75) is 13.0 Å². The molecule has 0 aliphatic carbocycles. The Labute approximate surface area is 134 Å². The molecule has 0 spiro atoms. The van der Waals surface area contributed by atoms with Gasteiger partial charge in [-0.05, 0) is 29.7 Å². The van der Waals surface area contributed by atoms with Gasteiger partial charge >= 0.3 is 5.97 Å². The summed E-state index contributed by atoms with van der Waals surface area (Å²) in [5.41, 5.74) is 2.10. The smallest absolute Gasteiger partial charge is 0.316 e. The van der Waals surface area contributed by atoms with E-state index in [1.807, 2.05) is 36.4 Å². The third kappa shape index (κ3) is 4.68. The number of nitriles is 1. The number of nitrogens with zero attached hydrogens (tertiary/aromatic N) is 1. The fraction of sp³-hybridized carbons (Fsp3) is 0.167. The minimum atomic E-state index is -1.17. The summed E-state index contributed by atoms with van der Waals surface area (Å²) in [5.74, 6) is -2.85. The van der Waals surface area contributed by atoms with Crippen molar-refractivity contribution in [3.8, 4) is 6.07 Å². The van der Waals surface area contributed by atoms with Crippen LogP contribution in [0.15, 0.2) is 54.6 Å². The van der Waals surface area contributed by atoms with Crippen LogP contribution in [0.5, 0.6) is 0 Å². The highest BCUT2D eigenvalue weighted by Crippen LogP contribution is 2.11. The molecule has 0 heterocycles. The Bertz CT molecular complexity index is 718. The summed E-state index contributed by atoms with van der Waals surface area (Å²) in [6.45, 7) is 0.289. The number of hydrogen-bond donors (Lipinski definition) is 2. The number of amides is 1. The van der Waals surface area contributed by atoms with Crippen LogP contribution in [0.3, 0.4) is 0 Å². The van der Waals surface area contributed by atoms with Gasteiger partial charge in [-0.2, -0.15) is 5.26 Å². The van der Waals surface area contributed by atoms with Gasteiger partial charge in [-0.1, -0.05) is 42.5 Å². The van der Waals surface area contributed by atoms with E-state index in [9.17, 15) is 14.7 Å². The van der Waals surface area contributed by atoms with E-state index in [-0.39, 0.29) is 13.0 Å². The number of carboxylic acid groups (broad SMARTS) is 1. The number of carboxylic acids is 1. The lowest BCUT2D eigenvalue weighted by molar-refractivity contribution is -0.147. The molecule has 1 amide bonds. The molecule has 1 unspecified atom stereocenters. The molecule has 0 saturated heterocycles. The highest BCUT2D eigenvalue weighted by Gasteiger charge is 2.26. The first-order valence-electron chi connectivity index (χ1n) is 7.13. The maximum atomic E-state index is 12.1. The van der Waals surface area contributed by atoms with Gasteiger partial charge < -0.3 is 10.4 Å². The third-order valence-electron chi connectivity index (χ3n) is 3.45. The van der Waals surface area contributed by atoms with Gasteiger partial charge in [0, 0.05) is 6.54 Å². The monoisotopic (exact) mass is 308 g/mol. The first-order chi connectivity index (χ1) is 11.1. The van der Waals surface area contributed by atoms with Crippen molar-refractivity contribution in [3.63, 3.8) is 0 Å². The van der Waals surface area contributed by atoms with Gasteiger partial charge in [0.25, 0.3) is 0 Å². The average Bonchev–Trinajstić information content (AvgIpc) is 2.58. The Morgan fingerprint density at radius 3 is 2.26 bits per heavy atom. The summed E-state index contributed by atoms with van der Waals surface area (Å²) in [4.78, 5) is 23.5. The molecule has 0 aliphatic rings. The molecule has 23 heavy (non-hydrogen) atoms. The first-order valence-corrected chi connectivity index (χ1v) is 7.13. The quantitative estimate of drug-likeness (QED) is 0.800. The molecule has 2 N–H and O–H groups in total. The summed E-state index contributed by atoms with van der Waals surface area (Å²) < 4.78 is 0. The van der Waals surface area contributed by atoms with E-state index < -0.39 is 17.8 Å². The third-order valence-corrected chi connectivity index (χ3v) is 3.45. The second-order valence-electron chi connectivity index (χ2n) is 5.11. The molecule has 116 valence electrons. The molecule has 1 atom stereocenters. The Kier molecular flexibility index (Phi) is 5.48. The molecule has 5 nitrogen and oxygen atoms in total. The topological polar surface area (TPSA) is 90.2 Å². The van der Waals surface area contributed by atoms with Gasteiger partial charge in [0.2, 0.25) is 5.91 Å². The molecule has 2 aromatic rings. The molecule has 0 aliphatic heterocycles. The minimum absolute atomic E-state index is 0.0850. The summed E-state index contributed by atoms with van der Waals surface area (Å²) in [6, 6.07) is 17.8. The van der Waals surface area contributed by atoms with Gasteiger partial charge in [-0.3, -0.25) is 9.59 Å². The lowest BCUT2D eigenvalue weighted by Crippen LogP contribution is -2.36.